The Labute approximate surface area is 213 Å². The molecule has 8 heteroatoms. The SMILES string of the molecule is CCCN1C(=O)/C(=C/c2ccc(OCc3ccccc3F)c(OC)c2)SC1=Nc1ccc(Cl)cc1. The fraction of sp³-hybridized carbons (Fsp3) is 0.185. The van der Waals surface area contributed by atoms with Gasteiger partial charge >= 0.3 is 0 Å². The molecule has 3 aromatic carbocycles. The van der Waals surface area contributed by atoms with Gasteiger partial charge < -0.3 is 9.47 Å². The standard InChI is InChI=1S/C27H24ClFN2O3S/c1-3-14-31-26(32)25(35-27(31)30-21-11-9-20(28)10-12-21)16-18-8-13-23(24(15-18)33-2)34-17-19-6-4-5-7-22(19)29/h4-13,15-16H,3,14,17H2,1-2H3/b25-16-,30-27?. The highest BCUT2D eigenvalue weighted by Gasteiger charge is 2.32. The van der Waals surface area contributed by atoms with E-state index in [-0.39, 0.29) is 18.3 Å². The lowest BCUT2D eigenvalue weighted by Gasteiger charge is -2.14. The molecule has 0 aliphatic carbocycles. The lowest BCUT2D eigenvalue weighted by Crippen LogP contribution is -2.29. The molecule has 0 unspecified atom stereocenters. The number of thioether (sulfide) groups is 1. The van der Waals surface area contributed by atoms with E-state index in [1.165, 1.54) is 24.9 Å². The van der Waals surface area contributed by atoms with Crippen LogP contribution in [-0.4, -0.2) is 29.6 Å². The summed E-state index contributed by atoms with van der Waals surface area (Å²) in [5, 5.41) is 1.26. The van der Waals surface area contributed by atoms with Crippen LogP contribution in [0, 0.1) is 5.82 Å². The van der Waals surface area contributed by atoms with Crippen molar-refractivity contribution in [2.45, 2.75) is 20.0 Å². The molecule has 1 saturated heterocycles. The third kappa shape index (κ3) is 6.05. The van der Waals surface area contributed by atoms with Gasteiger partial charge in [0.15, 0.2) is 16.7 Å². The van der Waals surface area contributed by atoms with E-state index < -0.39 is 0 Å². The van der Waals surface area contributed by atoms with Gasteiger partial charge in [0, 0.05) is 17.1 Å². The third-order valence-electron chi connectivity index (χ3n) is 5.21. The van der Waals surface area contributed by atoms with E-state index in [9.17, 15) is 9.18 Å². The van der Waals surface area contributed by atoms with Crippen molar-refractivity contribution in [2.24, 2.45) is 4.99 Å². The van der Waals surface area contributed by atoms with Crippen LogP contribution in [0.3, 0.4) is 0 Å². The molecule has 1 aliphatic heterocycles. The number of benzene rings is 3. The summed E-state index contributed by atoms with van der Waals surface area (Å²) < 4.78 is 25.2. The van der Waals surface area contributed by atoms with Gasteiger partial charge in [-0.1, -0.05) is 42.8 Å². The molecule has 35 heavy (non-hydrogen) atoms. The van der Waals surface area contributed by atoms with Gasteiger partial charge in [0.1, 0.15) is 12.4 Å². The van der Waals surface area contributed by atoms with E-state index in [1.54, 1.807) is 47.4 Å². The van der Waals surface area contributed by atoms with E-state index in [2.05, 4.69) is 4.99 Å². The maximum absolute atomic E-state index is 13.9. The number of rotatable bonds is 8. The minimum absolute atomic E-state index is 0.0777. The molecule has 0 atom stereocenters. The number of aliphatic imine (C=N–C) groups is 1. The normalized spacial score (nSPS) is 15.8. The predicted octanol–water partition coefficient (Wildman–Crippen LogP) is 7.08. The lowest BCUT2D eigenvalue weighted by molar-refractivity contribution is -0.122. The molecule has 1 heterocycles. The predicted molar refractivity (Wildman–Crippen MR) is 140 cm³/mol. The maximum atomic E-state index is 13.9. The summed E-state index contributed by atoms with van der Waals surface area (Å²) >= 11 is 7.30. The number of hydrogen-bond donors (Lipinski definition) is 0. The third-order valence-corrected chi connectivity index (χ3v) is 6.47. The minimum Gasteiger partial charge on any atom is -0.493 e. The zero-order valence-electron chi connectivity index (χ0n) is 19.3. The van der Waals surface area contributed by atoms with E-state index in [0.717, 1.165) is 17.7 Å². The molecule has 4 rings (SSSR count). The van der Waals surface area contributed by atoms with Gasteiger partial charge in [-0.25, -0.2) is 9.38 Å². The molecular weight excluding hydrogens is 487 g/mol. The van der Waals surface area contributed by atoms with Crippen molar-refractivity contribution in [3.05, 3.63) is 93.6 Å². The first-order valence-electron chi connectivity index (χ1n) is 11.1. The number of carbonyl (C=O) groups is 1. The van der Waals surface area contributed by atoms with Crippen LogP contribution in [0.1, 0.15) is 24.5 Å². The summed E-state index contributed by atoms with van der Waals surface area (Å²) in [5.41, 5.74) is 1.96. The largest absolute Gasteiger partial charge is 0.493 e. The lowest BCUT2D eigenvalue weighted by atomic mass is 10.1. The topological polar surface area (TPSA) is 51.1 Å². The number of hydrogen-bond acceptors (Lipinski definition) is 5. The van der Waals surface area contributed by atoms with Gasteiger partial charge in [0.25, 0.3) is 5.91 Å². The van der Waals surface area contributed by atoms with Crippen molar-refractivity contribution in [1.29, 1.82) is 0 Å². The average molecular weight is 511 g/mol. The molecule has 0 radical (unpaired) electrons. The molecule has 5 nitrogen and oxygen atoms in total. The molecule has 0 N–H and O–H groups in total. The molecule has 3 aromatic rings. The van der Waals surface area contributed by atoms with Gasteiger partial charge in [-0.3, -0.25) is 9.69 Å². The Morgan fingerprint density at radius 2 is 1.86 bits per heavy atom. The van der Waals surface area contributed by atoms with E-state index in [1.807, 2.05) is 31.2 Å². The Morgan fingerprint density at radius 3 is 2.57 bits per heavy atom. The number of amides is 1. The summed E-state index contributed by atoms with van der Waals surface area (Å²) in [6, 6.07) is 19.0. The zero-order valence-corrected chi connectivity index (χ0v) is 20.9. The van der Waals surface area contributed by atoms with Gasteiger partial charge in [-0.05, 0) is 72.3 Å². The molecule has 0 bridgehead atoms. The molecule has 1 amide bonds. The Kier molecular flexibility index (Phi) is 8.10. The summed E-state index contributed by atoms with van der Waals surface area (Å²) in [5.74, 6) is 0.563. The van der Waals surface area contributed by atoms with Crippen molar-refractivity contribution >= 4 is 46.2 Å². The van der Waals surface area contributed by atoms with Crippen molar-refractivity contribution in [3.63, 3.8) is 0 Å². The second-order valence-corrected chi connectivity index (χ2v) is 9.17. The second kappa shape index (κ2) is 11.4. The van der Waals surface area contributed by atoms with Gasteiger partial charge in [0.05, 0.1) is 17.7 Å². The molecule has 1 aliphatic rings. The van der Waals surface area contributed by atoms with E-state index in [4.69, 9.17) is 21.1 Å². The Balaban J connectivity index is 1.56. The molecule has 1 fully saturated rings. The minimum atomic E-state index is -0.322. The van der Waals surface area contributed by atoms with E-state index >= 15 is 0 Å². The highest BCUT2D eigenvalue weighted by molar-refractivity contribution is 8.18. The number of ether oxygens (including phenoxy) is 2. The first-order chi connectivity index (χ1) is 17.0. The molecule has 180 valence electrons. The zero-order chi connectivity index (χ0) is 24.8. The quantitative estimate of drug-likeness (QED) is 0.304. The van der Waals surface area contributed by atoms with Crippen LogP contribution >= 0.6 is 23.4 Å². The summed E-state index contributed by atoms with van der Waals surface area (Å²) in [4.78, 5) is 20.0. The Bertz CT molecular complexity index is 1280. The second-order valence-electron chi connectivity index (χ2n) is 7.73. The van der Waals surface area contributed by atoms with Crippen LogP contribution in [0.15, 0.2) is 76.6 Å². The van der Waals surface area contributed by atoms with Crippen LogP contribution in [0.2, 0.25) is 5.02 Å². The van der Waals surface area contributed by atoms with Crippen molar-refractivity contribution in [3.8, 4) is 11.5 Å². The maximum Gasteiger partial charge on any atom is 0.266 e. The molecule has 0 spiro atoms. The first-order valence-corrected chi connectivity index (χ1v) is 12.3. The van der Waals surface area contributed by atoms with Crippen molar-refractivity contribution in [2.75, 3.05) is 13.7 Å². The number of nitrogens with zero attached hydrogens (tertiary/aromatic N) is 2. The molecular formula is C27H24ClFN2O3S. The summed E-state index contributed by atoms with van der Waals surface area (Å²) in [6.07, 6.45) is 2.62. The fourth-order valence-electron chi connectivity index (χ4n) is 3.45. The van der Waals surface area contributed by atoms with Crippen LogP contribution in [0.5, 0.6) is 11.5 Å². The van der Waals surface area contributed by atoms with E-state index in [0.29, 0.717) is 38.7 Å². The number of amidine groups is 1. The Hall–Kier alpha value is -3.29. The highest BCUT2D eigenvalue weighted by atomic mass is 35.5. The van der Waals surface area contributed by atoms with Crippen LogP contribution in [-0.2, 0) is 11.4 Å². The van der Waals surface area contributed by atoms with Crippen molar-refractivity contribution in [1.82, 2.24) is 4.90 Å². The average Bonchev–Trinajstić information content (AvgIpc) is 3.14. The summed E-state index contributed by atoms with van der Waals surface area (Å²) in [6.45, 7) is 2.67. The fourth-order valence-corrected chi connectivity index (χ4v) is 4.60. The number of halogens is 2. The Morgan fingerprint density at radius 1 is 1.09 bits per heavy atom. The number of methoxy groups -OCH3 is 1. The van der Waals surface area contributed by atoms with Crippen LogP contribution < -0.4 is 9.47 Å². The van der Waals surface area contributed by atoms with Crippen LogP contribution in [0.4, 0.5) is 10.1 Å². The smallest absolute Gasteiger partial charge is 0.266 e. The summed E-state index contributed by atoms with van der Waals surface area (Å²) in [7, 11) is 1.54. The monoisotopic (exact) mass is 510 g/mol. The highest BCUT2D eigenvalue weighted by Crippen LogP contribution is 2.36. The van der Waals surface area contributed by atoms with Gasteiger partial charge in [0.2, 0.25) is 0 Å². The molecule has 0 saturated carbocycles. The molecule has 0 aromatic heterocycles. The van der Waals surface area contributed by atoms with Gasteiger partial charge in [-0.2, -0.15) is 0 Å². The first kappa shape index (κ1) is 24.8. The van der Waals surface area contributed by atoms with Gasteiger partial charge in [-0.15, -0.1) is 0 Å². The van der Waals surface area contributed by atoms with Crippen LogP contribution in [0.25, 0.3) is 6.08 Å². The van der Waals surface area contributed by atoms with Crippen molar-refractivity contribution < 1.29 is 18.7 Å². The number of carbonyl (C=O) groups excluding carboxylic acids is 1.